The van der Waals surface area contributed by atoms with Gasteiger partial charge in [0.05, 0.1) is 34.9 Å². The first-order chi connectivity index (χ1) is 23.9. The number of aromatic nitrogens is 5. The van der Waals surface area contributed by atoms with E-state index in [4.69, 9.17) is 4.74 Å². The minimum Gasteiger partial charge on any atom is -0.444 e. The predicted molar refractivity (Wildman–Crippen MR) is 192 cm³/mol. The molecule has 0 unspecified atom stereocenters. The van der Waals surface area contributed by atoms with E-state index in [1.807, 2.05) is 0 Å². The fourth-order valence-electron chi connectivity index (χ4n) is 5.98. The van der Waals surface area contributed by atoms with E-state index in [0.717, 1.165) is 18.4 Å². The van der Waals surface area contributed by atoms with Gasteiger partial charge in [0.1, 0.15) is 11.4 Å². The van der Waals surface area contributed by atoms with Gasteiger partial charge in [0.15, 0.2) is 23.2 Å². The van der Waals surface area contributed by atoms with Crippen LogP contribution in [0.15, 0.2) is 43.0 Å². The van der Waals surface area contributed by atoms with Crippen LogP contribution in [0.3, 0.4) is 0 Å². The number of aryl methyl sites for hydroxylation is 4. The number of hydrogen-bond acceptors (Lipinski definition) is 8. The average Bonchev–Trinajstić information content (AvgIpc) is 3.76. The van der Waals surface area contributed by atoms with Crippen molar-refractivity contribution in [2.75, 3.05) is 5.32 Å². The zero-order chi connectivity index (χ0) is 37.6. The monoisotopic (exact) mass is 700 g/mol. The molecule has 0 aromatic carbocycles. The number of carbonyl (C=O) groups excluding carboxylic acids is 6. The molecular weight excluding hydrogens is 652 g/mol. The Labute approximate surface area is 298 Å². The predicted octanol–water partition coefficient (Wildman–Crippen LogP) is 5.78. The third-order valence-corrected chi connectivity index (χ3v) is 8.31. The van der Waals surface area contributed by atoms with Gasteiger partial charge in [-0.1, -0.05) is 6.42 Å². The molecule has 1 N–H and O–H groups in total. The number of anilines is 1. The van der Waals surface area contributed by atoms with Crippen LogP contribution in [0, 0.1) is 0 Å². The zero-order valence-electron chi connectivity index (χ0n) is 30.8. The summed E-state index contributed by atoms with van der Waals surface area (Å²) in [6.45, 7) is 6.84. The van der Waals surface area contributed by atoms with Crippen molar-refractivity contribution in [1.29, 1.82) is 0 Å². The standard InChI is InChI=1S/C38H48N6O7/c1-24(45)12-10-9-11-13-32(46)29-14-25(20-41(29)5)16-33(47)30-15-26(21-42(30)6)17-35(49)36-39-28(23-44(36)8)19-34(48)31-18-27(22-43(31)7)40-37(50)51-38(2,3)4/h14-15,18,20-23H,9-13,16-17,19H2,1-8H3,(H,40,50). The molecule has 51 heavy (non-hydrogen) atoms. The summed E-state index contributed by atoms with van der Waals surface area (Å²) < 4.78 is 11.9. The molecule has 13 heteroatoms. The molecule has 4 heterocycles. The average molecular weight is 701 g/mol. The number of imidazole rings is 1. The quantitative estimate of drug-likeness (QED) is 0.107. The number of carbonyl (C=O) groups is 6. The fourth-order valence-corrected chi connectivity index (χ4v) is 5.98. The topological polar surface area (TPSA) is 156 Å². The molecule has 4 aromatic heterocycles. The van der Waals surface area contributed by atoms with E-state index < -0.39 is 11.7 Å². The third kappa shape index (κ3) is 10.6. The number of hydrogen-bond donors (Lipinski definition) is 1. The summed E-state index contributed by atoms with van der Waals surface area (Å²) in [5.41, 5.74) is 2.89. The van der Waals surface area contributed by atoms with Crippen LogP contribution in [-0.2, 0) is 57.0 Å². The molecule has 0 saturated carbocycles. The first kappa shape index (κ1) is 38.5. The maximum Gasteiger partial charge on any atom is 0.412 e. The Balaban J connectivity index is 1.34. The molecule has 0 bridgehead atoms. The van der Waals surface area contributed by atoms with Crippen LogP contribution in [0.2, 0.25) is 0 Å². The second kappa shape index (κ2) is 16.1. The van der Waals surface area contributed by atoms with E-state index in [0.29, 0.717) is 53.3 Å². The summed E-state index contributed by atoms with van der Waals surface area (Å²) in [6.07, 6.45) is 9.42. The second-order valence-corrected chi connectivity index (χ2v) is 14.2. The molecule has 0 spiro atoms. The lowest BCUT2D eigenvalue weighted by Crippen LogP contribution is -2.27. The Kier molecular flexibility index (Phi) is 12.2. The first-order valence-electron chi connectivity index (χ1n) is 17.0. The lowest BCUT2D eigenvalue weighted by molar-refractivity contribution is -0.117. The smallest absolute Gasteiger partial charge is 0.412 e. The molecule has 0 aliphatic carbocycles. The fraction of sp³-hybridized carbons (Fsp3) is 0.447. The van der Waals surface area contributed by atoms with Crippen LogP contribution in [0.1, 0.15) is 119 Å². The van der Waals surface area contributed by atoms with Crippen molar-refractivity contribution in [3.8, 4) is 0 Å². The summed E-state index contributed by atoms with van der Waals surface area (Å²) in [4.78, 5) is 80.3. The minimum absolute atomic E-state index is 0.00203. The van der Waals surface area contributed by atoms with E-state index in [9.17, 15) is 28.8 Å². The van der Waals surface area contributed by atoms with Gasteiger partial charge in [0, 0.05) is 78.7 Å². The molecule has 0 aliphatic heterocycles. The van der Waals surface area contributed by atoms with Crippen LogP contribution in [0.25, 0.3) is 0 Å². The maximum atomic E-state index is 13.3. The Hall–Kier alpha value is -5.33. The van der Waals surface area contributed by atoms with Gasteiger partial charge in [-0.05, 0) is 69.9 Å². The van der Waals surface area contributed by atoms with E-state index in [1.165, 1.54) is 0 Å². The highest BCUT2D eigenvalue weighted by Gasteiger charge is 2.22. The highest BCUT2D eigenvalue weighted by atomic mass is 16.6. The number of ether oxygens (including phenoxy) is 1. The van der Waals surface area contributed by atoms with Gasteiger partial charge in [-0.2, -0.15) is 0 Å². The van der Waals surface area contributed by atoms with E-state index in [2.05, 4.69) is 10.3 Å². The Morgan fingerprint density at radius 2 is 1.18 bits per heavy atom. The number of rotatable bonds is 17. The highest BCUT2D eigenvalue weighted by molar-refractivity contribution is 6.00. The summed E-state index contributed by atoms with van der Waals surface area (Å²) in [6, 6.07) is 5.01. The van der Waals surface area contributed by atoms with Gasteiger partial charge < -0.3 is 27.8 Å². The van der Waals surface area contributed by atoms with Gasteiger partial charge >= 0.3 is 6.09 Å². The number of amides is 1. The lowest BCUT2D eigenvalue weighted by Gasteiger charge is -2.19. The van der Waals surface area contributed by atoms with Gasteiger partial charge in [-0.3, -0.25) is 24.5 Å². The van der Waals surface area contributed by atoms with Gasteiger partial charge in [0.25, 0.3) is 0 Å². The second-order valence-electron chi connectivity index (χ2n) is 14.2. The van der Waals surface area contributed by atoms with Gasteiger partial charge in [-0.15, -0.1) is 0 Å². The molecule has 0 saturated heterocycles. The summed E-state index contributed by atoms with van der Waals surface area (Å²) in [5.74, 6) is -0.312. The van der Waals surface area contributed by atoms with Gasteiger partial charge in [0.2, 0.25) is 5.78 Å². The van der Waals surface area contributed by atoms with E-state index in [-0.39, 0.29) is 54.0 Å². The van der Waals surface area contributed by atoms with Gasteiger partial charge in [-0.25, -0.2) is 9.78 Å². The van der Waals surface area contributed by atoms with Crippen molar-refractivity contribution in [3.05, 3.63) is 82.7 Å². The molecule has 0 atom stereocenters. The van der Waals surface area contributed by atoms with Crippen LogP contribution in [0.4, 0.5) is 10.5 Å². The minimum atomic E-state index is -0.664. The summed E-state index contributed by atoms with van der Waals surface area (Å²) in [5, 5.41) is 2.63. The molecule has 1 amide bonds. The van der Waals surface area contributed by atoms with E-state index in [1.54, 1.807) is 117 Å². The van der Waals surface area contributed by atoms with E-state index >= 15 is 0 Å². The molecule has 0 radical (unpaired) electrons. The number of Topliss-reactive ketones (excluding diaryl/α,β-unsaturated/α-hetero) is 5. The summed E-state index contributed by atoms with van der Waals surface area (Å²) >= 11 is 0. The lowest BCUT2D eigenvalue weighted by atomic mass is 10.1. The third-order valence-electron chi connectivity index (χ3n) is 8.31. The number of ketones is 5. The SMILES string of the molecule is CC(=O)CCCCCC(=O)c1cc(CC(=O)c2cc(CC(=O)c3nc(CC(=O)c4cc(NC(=O)OC(C)(C)C)cn4C)cn3C)cn2C)cn1C. The number of nitrogens with zero attached hydrogens (tertiary/aromatic N) is 5. The Morgan fingerprint density at radius 3 is 1.78 bits per heavy atom. The highest BCUT2D eigenvalue weighted by Crippen LogP contribution is 2.20. The molecular formula is C38H48N6O7. The normalized spacial score (nSPS) is 11.5. The number of unbranched alkanes of at least 4 members (excludes halogenated alkanes) is 2. The number of nitrogens with one attached hydrogen (secondary N) is 1. The molecule has 272 valence electrons. The van der Waals surface area contributed by atoms with Crippen molar-refractivity contribution < 1.29 is 33.5 Å². The first-order valence-corrected chi connectivity index (χ1v) is 17.0. The summed E-state index contributed by atoms with van der Waals surface area (Å²) in [7, 11) is 6.91. The van der Waals surface area contributed by atoms with Crippen molar-refractivity contribution in [2.45, 2.75) is 84.7 Å². The molecule has 4 aromatic rings. The van der Waals surface area contributed by atoms with Crippen molar-refractivity contribution in [2.24, 2.45) is 28.2 Å². The molecule has 0 aliphatic rings. The zero-order valence-corrected chi connectivity index (χ0v) is 30.8. The van der Waals surface area contributed by atoms with Crippen molar-refractivity contribution in [3.63, 3.8) is 0 Å². The Morgan fingerprint density at radius 1 is 0.647 bits per heavy atom. The maximum absolute atomic E-state index is 13.3. The van der Waals surface area contributed by atoms with Crippen molar-refractivity contribution >= 4 is 40.7 Å². The van der Waals surface area contributed by atoms with Crippen LogP contribution >= 0.6 is 0 Å². The molecule has 0 fully saturated rings. The Bertz CT molecular complexity index is 1960. The molecule has 13 nitrogen and oxygen atoms in total. The van der Waals surface area contributed by atoms with Crippen LogP contribution < -0.4 is 5.32 Å². The van der Waals surface area contributed by atoms with Crippen LogP contribution in [0.5, 0.6) is 0 Å². The van der Waals surface area contributed by atoms with Crippen LogP contribution in [-0.4, -0.2) is 63.9 Å². The largest absolute Gasteiger partial charge is 0.444 e. The van der Waals surface area contributed by atoms with Crippen molar-refractivity contribution in [1.82, 2.24) is 23.3 Å². The molecule has 4 rings (SSSR count).